The van der Waals surface area contributed by atoms with E-state index in [0.29, 0.717) is 0 Å². The highest BCUT2D eigenvalue weighted by atomic mass is 32.2. The molecule has 178 valence electrons. The van der Waals surface area contributed by atoms with Gasteiger partial charge in [0.2, 0.25) is 0 Å². The fourth-order valence-electron chi connectivity index (χ4n) is 4.32. The second-order valence-corrected chi connectivity index (χ2v) is 11.4. The maximum Gasteiger partial charge on any atom is 0.324 e. The average Bonchev–Trinajstić information content (AvgIpc) is 2.72. The van der Waals surface area contributed by atoms with E-state index >= 15 is 0 Å². The first-order valence-corrected chi connectivity index (χ1v) is 12.9. The third-order valence-corrected chi connectivity index (χ3v) is 7.68. The van der Waals surface area contributed by atoms with Crippen molar-refractivity contribution < 1.29 is 27.5 Å². The van der Waals surface area contributed by atoms with E-state index in [-0.39, 0.29) is 23.5 Å². The summed E-state index contributed by atoms with van der Waals surface area (Å²) < 4.78 is 37.6. The molecule has 1 aliphatic rings. The molecule has 0 bridgehead atoms. The SMILES string of the molecule is Cc1ccc(S(=O)(=O)CC2CC(C(=O)OC(C)C)(C(=O)OC(C)C)Cc3ccccc32)cc1. The number of carbonyl (C=O) groups is 2. The first-order valence-electron chi connectivity index (χ1n) is 11.2. The van der Waals surface area contributed by atoms with Gasteiger partial charge in [0.25, 0.3) is 0 Å². The van der Waals surface area contributed by atoms with Crippen molar-refractivity contribution in [1.82, 2.24) is 0 Å². The van der Waals surface area contributed by atoms with Gasteiger partial charge in [-0.1, -0.05) is 42.0 Å². The van der Waals surface area contributed by atoms with Gasteiger partial charge in [0.05, 0.1) is 22.9 Å². The number of ether oxygens (including phenoxy) is 2. The lowest BCUT2D eigenvalue weighted by Crippen LogP contribution is -2.49. The summed E-state index contributed by atoms with van der Waals surface area (Å²) in [7, 11) is -3.67. The molecule has 3 rings (SSSR count). The van der Waals surface area contributed by atoms with Crippen molar-refractivity contribution >= 4 is 21.8 Å². The highest BCUT2D eigenvalue weighted by molar-refractivity contribution is 7.91. The Kier molecular flexibility index (Phi) is 7.32. The molecule has 0 amide bonds. The van der Waals surface area contributed by atoms with Gasteiger partial charge in [-0.15, -0.1) is 0 Å². The minimum atomic E-state index is -3.67. The van der Waals surface area contributed by atoms with Crippen molar-refractivity contribution in [2.75, 3.05) is 5.75 Å². The van der Waals surface area contributed by atoms with Crippen LogP contribution in [0.5, 0.6) is 0 Å². The zero-order valence-electron chi connectivity index (χ0n) is 19.8. The normalized spacial score (nSPS) is 17.5. The van der Waals surface area contributed by atoms with Crippen molar-refractivity contribution in [3.8, 4) is 0 Å². The van der Waals surface area contributed by atoms with E-state index in [1.165, 1.54) is 0 Å². The predicted molar refractivity (Wildman–Crippen MR) is 126 cm³/mol. The van der Waals surface area contributed by atoms with E-state index in [9.17, 15) is 18.0 Å². The Morgan fingerprint density at radius 2 is 1.48 bits per heavy atom. The maximum absolute atomic E-state index is 13.3. The topological polar surface area (TPSA) is 86.7 Å². The van der Waals surface area contributed by atoms with Gasteiger partial charge in [0, 0.05) is 5.92 Å². The molecule has 0 radical (unpaired) electrons. The molecule has 6 nitrogen and oxygen atoms in total. The van der Waals surface area contributed by atoms with E-state index in [2.05, 4.69) is 0 Å². The number of esters is 2. The van der Waals surface area contributed by atoms with Crippen LogP contribution in [-0.4, -0.2) is 38.3 Å². The largest absolute Gasteiger partial charge is 0.462 e. The molecule has 0 aromatic heterocycles. The minimum Gasteiger partial charge on any atom is -0.462 e. The van der Waals surface area contributed by atoms with Crippen LogP contribution in [0.15, 0.2) is 53.4 Å². The lowest BCUT2D eigenvalue weighted by molar-refractivity contribution is -0.178. The zero-order chi connectivity index (χ0) is 24.4. The Morgan fingerprint density at radius 3 is 2.03 bits per heavy atom. The molecule has 0 heterocycles. The fraction of sp³-hybridized carbons (Fsp3) is 0.462. The van der Waals surface area contributed by atoms with Crippen LogP contribution in [0.2, 0.25) is 0 Å². The van der Waals surface area contributed by atoms with Gasteiger partial charge in [-0.05, 0) is 70.7 Å². The van der Waals surface area contributed by atoms with E-state index < -0.39 is 45.3 Å². The van der Waals surface area contributed by atoms with Crippen molar-refractivity contribution in [3.05, 3.63) is 65.2 Å². The lowest BCUT2D eigenvalue weighted by Gasteiger charge is -2.39. The molecule has 0 spiro atoms. The zero-order valence-corrected chi connectivity index (χ0v) is 20.6. The van der Waals surface area contributed by atoms with E-state index in [1.54, 1.807) is 52.0 Å². The van der Waals surface area contributed by atoms with Gasteiger partial charge < -0.3 is 9.47 Å². The van der Waals surface area contributed by atoms with Gasteiger partial charge >= 0.3 is 11.9 Å². The first-order chi connectivity index (χ1) is 15.4. The Hall–Kier alpha value is -2.67. The molecule has 33 heavy (non-hydrogen) atoms. The fourth-order valence-corrected chi connectivity index (χ4v) is 5.90. The van der Waals surface area contributed by atoms with Gasteiger partial charge in [0.15, 0.2) is 15.3 Å². The quantitative estimate of drug-likeness (QED) is 0.439. The van der Waals surface area contributed by atoms with Gasteiger partial charge in [-0.3, -0.25) is 9.59 Å². The first kappa shape index (κ1) is 25.0. The molecule has 0 saturated heterocycles. The Labute approximate surface area is 196 Å². The van der Waals surface area contributed by atoms with Crippen LogP contribution < -0.4 is 0 Å². The van der Waals surface area contributed by atoms with Crippen molar-refractivity contribution in [3.63, 3.8) is 0 Å². The summed E-state index contributed by atoms with van der Waals surface area (Å²) in [5, 5.41) is 0. The number of sulfone groups is 1. The number of rotatable bonds is 7. The number of benzene rings is 2. The Bertz CT molecular complexity index is 1090. The molecule has 2 aromatic rings. The van der Waals surface area contributed by atoms with Crippen molar-refractivity contribution in [2.45, 2.75) is 70.5 Å². The highest BCUT2D eigenvalue weighted by Gasteiger charge is 2.54. The van der Waals surface area contributed by atoms with E-state index in [1.807, 2.05) is 31.2 Å². The summed E-state index contributed by atoms with van der Waals surface area (Å²) in [6, 6.07) is 14.1. The molecule has 0 N–H and O–H groups in total. The van der Waals surface area contributed by atoms with Crippen LogP contribution in [0.1, 0.15) is 56.7 Å². The van der Waals surface area contributed by atoms with Gasteiger partial charge in [-0.25, -0.2) is 8.42 Å². The van der Waals surface area contributed by atoms with Crippen LogP contribution in [0.4, 0.5) is 0 Å². The van der Waals surface area contributed by atoms with Gasteiger partial charge in [0.1, 0.15) is 0 Å². The number of hydrogen-bond donors (Lipinski definition) is 0. The molecule has 7 heteroatoms. The third-order valence-electron chi connectivity index (χ3n) is 5.85. The maximum atomic E-state index is 13.3. The second-order valence-electron chi connectivity index (χ2n) is 9.36. The summed E-state index contributed by atoms with van der Waals surface area (Å²) >= 11 is 0. The highest BCUT2D eigenvalue weighted by Crippen LogP contribution is 2.45. The summed E-state index contributed by atoms with van der Waals surface area (Å²) in [6.07, 6.45) is -0.727. The third kappa shape index (κ3) is 5.46. The monoisotopic (exact) mass is 472 g/mol. The minimum absolute atomic E-state index is 0.00616. The van der Waals surface area contributed by atoms with Crippen molar-refractivity contribution in [2.24, 2.45) is 5.41 Å². The Balaban J connectivity index is 2.07. The second kappa shape index (κ2) is 9.67. The average molecular weight is 473 g/mol. The molecule has 0 saturated carbocycles. The number of fused-ring (bicyclic) bond motifs is 1. The van der Waals surface area contributed by atoms with Crippen LogP contribution in [0.25, 0.3) is 0 Å². The molecule has 0 fully saturated rings. The Morgan fingerprint density at radius 1 is 0.939 bits per heavy atom. The summed E-state index contributed by atoms with van der Waals surface area (Å²) in [4.78, 5) is 26.8. The predicted octanol–water partition coefficient (Wildman–Crippen LogP) is 4.39. The van der Waals surface area contributed by atoms with Crippen LogP contribution in [0.3, 0.4) is 0 Å². The van der Waals surface area contributed by atoms with E-state index in [0.717, 1.165) is 16.7 Å². The molecule has 0 aliphatic heterocycles. The van der Waals surface area contributed by atoms with Crippen LogP contribution in [0, 0.1) is 12.3 Å². The summed E-state index contributed by atoms with van der Waals surface area (Å²) in [5.41, 5.74) is 0.952. The lowest BCUT2D eigenvalue weighted by atomic mass is 9.67. The summed E-state index contributed by atoms with van der Waals surface area (Å²) in [6.45, 7) is 8.76. The summed E-state index contributed by atoms with van der Waals surface area (Å²) in [5.74, 6) is -2.13. The smallest absolute Gasteiger partial charge is 0.324 e. The van der Waals surface area contributed by atoms with Gasteiger partial charge in [-0.2, -0.15) is 0 Å². The molecule has 2 aromatic carbocycles. The molecular weight excluding hydrogens is 440 g/mol. The standard InChI is InChI=1S/C26H32O6S/c1-17(2)31-24(27)26(25(28)32-18(3)4)14-20-8-6-7-9-23(20)21(15-26)16-33(29,30)22-12-10-19(5)11-13-22/h6-13,17-18,21H,14-16H2,1-5H3. The number of carbonyl (C=O) groups excluding carboxylic acids is 2. The van der Waals surface area contributed by atoms with E-state index in [4.69, 9.17) is 9.47 Å². The molecule has 1 unspecified atom stereocenters. The van der Waals surface area contributed by atoms with Crippen LogP contribution >= 0.6 is 0 Å². The van der Waals surface area contributed by atoms with Crippen molar-refractivity contribution in [1.29, 1.82) is 0 Å². The molecule has 1 atom stereocenters. The molecule has 1 aliphatic carbocycles. The number of aryl methyl sites for hydroxylation is 1. The molecular formula is C26H32O6S. The van der Waals surface area contributed by atoms with Crippen LogP contribution in [-0.2, 0) is 35.3 Å². The number of hydrogen-bond acceptors (Lipinski definition) is 6.